The fraction of sp³-hybridized carbons (Fsp3) is 0.435. The van der Waals surface area contributed by atoms with Crippen molar-refractivity contribution < 1.29 is 17.9 Å². The lowest BCUT2D eigenvalue weighted by Crippen LogP contribution is -2.40. The van der Waals surface area contributed by atoms with Crippen LogP contribution in [0.2, 0.25) is 0 Å². The molecule has 1 fully saturated rings. The predicted octanol–water partition coefficient (Wildman–Crippen LogP) is 3.24. The monoisotopic (exact) mass is 430 g/mol. The highest BCUT2D eigenvalue weighted by Gasteiger charge is 2.23. The van der Waals surface area contributed by atoms with Crippen LogP contribution in [-0.4, -0.2) is 46.0 Å². The fourth-order valence-electron chi connectivity index (χ4n) is 3.77. The second-order valence-electron chi connectivity index (χ2n) is 7.67. The van der Waals surface area contributed by atoms with E-state index in [-0.39, 0.29) is 23.8 Å². The molecule has 30 heavy (non-hydrogen) atoms. The highest BCUT2D eigenvalue weighted by atomic mass is 32.2. The molecule has 2 aromatic carbocycles. The van der Waals surface area contributed by atoms with Gasteiger partial charge in [-0.25, -0.2) is 13.1 Å². The van der Waals surface area contributed by atoms with Crippen LogP contribution >= 0.6 is 0 Å². The topological polar surface area (TPSA) is 75.7 Å². The average Bonchev–Trinajstić information content (AvgIpc) is 2.79. The average molecular weight is 431 g/mol. The number of nitrogens with zero attached hydrogens (tertiary/aromatic N) is 1. The molecule has 0 aliphatic carbocycles. The molecule has 0 atom stereocenters. The maximum atomic E-state index is 12.4. The van der Waals surface area contributed by atoms with E-state index < -0.39 is 10.0 Å². The molecule has 1 aliphatic rings. The Balaban J connectivity index is 1.36. The first-order valence-corrected chi connectivity index (χ1v) is 11.9. The van der Waals surface area contributed by atoms with Crippen molar-refractivity contribution in [1.29, 1.82) is 0 Å². The normalized spacial score (nSPS) is 15.2. The number of nitrogens with one attached hydrogen (secondary N) is 1. The van der Waals surface area contributed by atoms with Gasteiger partial charge in [-0.05, 0) is 61.4 Å². The number of amides is 1. The molecule has 7 heteroatoms. The number of aryl methyl sites for hydroxylation is 1. The van der Waals surface area contributed by atoms with Crippen molar-refractivity contribution >= 4 is 15.9 Å². The summed E-state index contributed by atoms with van der Waals surface area (Å²) in [6.45, 7) is 1.61. The van der Waals surface area contributed by atoms with Crippen LogP contribution in [0.15, 0.2) is 59.5 Å². The quantitative estimate of drug-likeness (QED) is 0.663. The number of ether oxygens (including phenoxy) is 1. The first-order valence-electron chi connectivity index (χ1n) is 10.4. The molecular formula is C23H30N2O4S. The van der Waals surface area contributed by atoms with E-state index in [2.05, 4.69) is 16.9 Å². The summed E-state index contributed by atoms with van der Waals surface area (Å²) in [4.78, 5) is 14.5. The number of carbonyl (C=O) groups excluding carboxylic acids is 1. The second kappa shape index (κ2) is 10.6. The maximum absolute atomic E-state index is 12.4. The molecule has 0 radical (unpaired) electrons. The van der Waals surface area contributed by atoms with Gasteiger partial charge in [-0.2, -0.15) is 0 Å². The van der Waals surface area contributed by atoms with Crippen molar-refractivity contribution in [3.05, 3.63) is 60.2 Å². The number of carbonyl (C=O) groups is 1. The zero-order valence-corrected chi connectivity index (χ0v) is 18.2. The van der Waals surface area contributed by atoms with Gasteiger partial charge in [-0.3, -0.25) is 4.79 Å². The van der Waals surface area contributed by atoms with Crippen LogP contribution in [0.5, 0.6) is 5.75 Å². The summed E-state index contributed by atoms with van der Waals surface area (Å²) < 4.78 is 32.1. The van der Waals surface area contributed by atoms with E-state index in [1.165, 1.54) is 5.56 Å². The van der Waals surface area contributed by atoms with Crippen LogP contribution in [0.25, 0.3) is 0 Å². The van der Waals surface area contributed by atoms with Crippen LogP contribution in [0.1, 0.15) is 31.2 Å². The molecular weight excluding hydrogens is 400 g/mol. The van der Waals surface area contributed by atoms with Gasteiger partial charge in [0.2, 0.25) is 15.9 Å². The Morgan fingerprint density at radius 1 is 1.07 bits per heavy atom. The molecule has 1 saturated heterocycles. The Labute approximate surface area is 179 Å². The summed E-state index contributed by atoms with van der Waals surface area (Å²) in [6, 6.07) is 16.4. The van der Waals surface area contributed by atoms with Gasteiger partial charge in [0.1, 0.15) is 5.75 Å². The Bertz CT molecular complexity index is 906. The SMILES string of the molecule is COc1ccc(CCC2CCN(C(=O)CCNS(=O)(=O)c3ccccc3)CC2)cc1. The molecule has 1 amide bonds. The highest BCUT2D eigenvalue weighted by molar-refractivity contribution is 7.89. The molecule has 6 nitrogen and oxygen atoms in total. The van der Waals surface area contributed by atoms with Crippen LogP contribution in [0.3, 0.4) is 0 Å². The van der Waals surface area contributed by atoms with E-state index in [4.69, 9.17) is 4.74 Å². The zero-order chi connectivity index (χ0) is 21.4. The largest absolute Gasteiger partial charge is 0.497 e. The van der Waals surface area contributed by atoms with Crippen molar-refractivity contribution in [2.75, 3.05) is 26.7 Å². The molecule has 0 spiro atoms. The fourth-order valence-corrected chi connectivity index (χ4v) is 4.82. The smallest absolute Gasteiger partial charge is 0.240 e. The zero-order valence-electron chi connectivity index (χ0n) is 17.4. The summed E-state index contributed by atoms with van der Waals surface area (Å²) in [5, 5.41) is 0. The molecule has 0 unspecified atom stereocenters. The van der Waals surface area contributed by atoms with E-state index in [1.807, 2.05) is 17.0 Å². The number of hydrogen-bond donors (Lipinski definition) is 1. The minimum atomic E-state index is -3.56. The van der Waals surface area contributed by atoms with Crippen molar-refractivity contribution in [2.24, 2.45) is 5.92 Å². The van der Waals surface area contributed by atoms with Gasteiger partial charge in [-0.15, -0.1) is 0 Å². The summed E-state index contributed by atoms with van der Waals surface area (Å²) in [7, 11) is -1.89. The van der Waals surface area contributed by atoms with E-state index in [0.29, 0.717) is 5.92 Å². The first kappa shape index (κ1) is 22.3. The third-order valence-electron chi connectivity index (χ3n) is 5.65. The van der Waals surface area contributed by atoms with Crippen LogP contribution in [0, 0.1) is 5.92 Å². The number of hydrogen-bond acceptors (Lipinski definition) is 4. The Morgan fingerprint density at radius 3 is 2.37 bits per heavy atom. The van der Waals surface area contributed by atoms with Gasteiger partial charge in [0, 0.05) is 26.1 Å². The summed E-state index contributed by atoms with van der Waals surface area (Å²) in [5.41, 5.74) is 1.31. The number of benzene rings is 2. The van der Waals surface area contributed by atoms with Gasteiger partial charge < -0.3 is 9.64 Å². The summed E-state index contributed by atoms with van der Waals surface area (Å²) in [6.07, 6.45) is 4.33. The Morgan fingerprint density at radius 2 is 1.73 bits per heavy atom. The van der Waals surface area contributed by atoms with E-state index >= 15 is 0 Å². The van der Waals surface area contributed by atoms with Gasteiger partial charge in [0.05, 0.1) is 12.0 Å². The lowest BCUT2D eigenvalue weighted by Gasteiger charge is -2.32. The standard InChI is InChI=1S/C23H30N2O4S/c1-29-21-11-9-19(10-12-21)7-8-20-14-17-25(18-15-20)23(26)13-16-24-30(27,28)22-5-3-2-4-6-22/h2-6,9-12,20,24H,7-8,13-18H2,1H3. The van der Waals surface area contributed by atoms with Gasteiger partial charge in [0.25, 0.3) is 0 Å². The maximum Gasteiger partial charge on any atom is 0.240 e. The highest BCUT2D eigenvalue weighted by Crippen LogP contribution is 2.23. The van der Waals surface area contributed by atoms with E-state index in [1.54, 1.807) is 37.4 Å². The number of likely N-dealkylation sites (tertiary alicyclic amines) is 1. The molecule has 0 aromatic heterocycles. The van der Waals surface area contributed by atoms with Crippen LogP contribution < -0.4 is 9.46 Å². The first-order chi connectivity index (χ1) is 14.5. The minimum absolute atomic E-state index is 0.0133. The van der Waals surface area contributed by atoms with Gasteiger partial charge >= 0.3 is 0 Å². The molecule has 1 heterocycles. The Kier molecular flexibility index (Phi) is 7.87. The Hall–Kier alpha value is -2.38. The second-order valence-corrected chi connectivity index (χ2v) is 9.44. The predicted molar refractivity (Wildman–Crippen MR) is 117 cm³/mol. The van der Waals surface area contributed by atoms with Crippen LogP contribution in [0.4, 0.5) is 0 Å². The molecule has 3 rings (SSSR count). The van der Waals surface area contributed by atoms with E-state index in [9.17, 15) is 13.2 Å². The molecule has 0 saturated carbocycles. The number of piperidine rings is 1. The van der Waals surface area contributed by atoms with Gasteiger partial charge in [0.15, 0.2) is 0 Å². The molecule has 0 bridgehead atoms. The summed E-state index contributed by atoms with van der Waals surface area (Å²) in [5.74, 6) is 1.50. The minimum Gasteiger partial charge on any atom is -0.497 e. The van der Waals surface area contributed by atoms with E-state index in [0.717, 1.165) is 44.5 Å². The summed E-state index contributed by atoms with van der Waals surface area (Å²) >= 11 is 0. The third-order valence-corrected chi connectivity index (χ3v) is 7.13. The number of methoxy groups -OCH3 is 1. The van der Waals surface area contributed by atoms with Crippen molar-refractivity contribution in [3.63, 3.8) is 0 Å². The lowest BCUT2D eigenvalue weighted by atomic mass is 9.90. The molecule has 2 aromatic rings. The number of rotatable bonds is 9. The van der Waals surface area contributed by atoms with Crippen molar-refractivity contribution in [3.8, 4) is 5.75 Å². The molecule has 162 valence electrons. The van der Waals surface area contributed by atoms with Crippen molar-refractivity contribution in [1.82, 2.24) is 9.62 Å². The molecule has 1 aliphatic heterocycles. The van der Waals surface area contributed by atoms with Crippen molar-refractivity contribution in [2.45, 2.75) is 37.0 Å². The lowest BCUT2D eigenvalue weighted by molar-refractivity contribution is -0.132. The molecule has 1 N–H and O–H groups in total. The van der Waals surface area contributed by atoms with Crippen LogP contribution in [-0.2, 0) is 21.2 Å². The number of sulfonamides is 1. The van der Waals surface area contributed by atoms with Gasteiger partial charge in [-0.1, -0.05) is 30.3 Å². The third kappa shape index (κ3) is 6.31.